The van der Waals surface area contributed by atoms with E-state index in [1.54, 1.807) is 11.3 Å². The van der Waals surface area contributed by atoms with Crippen molar-refractivity contribution in [3.63, 3.8) is 0 Å². The fourth-order valence-corrected chi connectivity index (χ4v) is 2.74. The van der Waals surface area contributed by atoms with Gasteiger partial charge in [-0.05, 0) is 31.2 Å². The maximum Gasteiger partial charge on any atom is 0.325 e. The van der Waals surface area contributed by atoms with Gasteiger partial charge < -0.3 is 9.47 Å². The zero-order chi connectivity index (χ0) is 12.8. The van der Waals surface area contributed by atoms with Crippen molar-refractivity contribution in [2.75, 3.05) is 13.2 Å². The van der Waals surface area contributed by atoms with Crippen LogP contribution >= 0.6 is 11.3 Å². The standard InChI is InChI=1S/C13H19NO3S/c1-2-16-13(15)12(11-6-3-7-17-11)14-9-10-5-4-8-18-10/h4-5,8,11-12,14H,2-3,6-7,9H2,1H3. The summed E-state index contributed by atoms with van der Waals surface area (Å²) in [6.45, 7) is 3.65. The fraction of sp³-hybridized carbons (Fsp3) is 0.615. The first-order chi connectivity index (χ1) is 8.81. The first-order valence-corrected chi connectivity index (χ1v) is 7.23. The second kappa shape index (κ2) is 6.87. The Morgan fingerprint density at radius 1 is 1.72 bits per heavy atom. The van der Waals surface area contributed by atoms with Crippen LogP contribution in [-0.4, -0.2) is 31.3 Å². The van der Waals surface area contributed by atoms with Crippen LogP contribution in [0.4, 0.5) is 0 Å². The molecule has 1 aromatic rings. The van der Waals surface area contributed by atoms with E-state index in [0.29, 0.717) is 13.2 Å². The number of thiophene rings is 1. The lowest BCUT2D eigenvalue weighted by Crippen LogP contribution is -2.46. The van der Waals surface area contributed by atoms with Gasteiger partial charge in [0.05, 0.1) is 12.7 Å². The molecule has 1 saturated heterocycles. The van der Waals surface area contributed by atoms with Crippen LogP contribution in [0.5, 0.6) is 0 Å². The molecule has 2 unspecified atom stereocenters. The summed E-state index contributed by atoms with van der Waals surface area (Å²) < 4.78 is 10.7. The molecule has 100 valence electrons. The van der Waals surface area contributed by atoms with Crippen molar-refractivity contribution in [2.45, 2.75) is 38.5 Å². The van der Waals surface area contributed by atoms with Gasteiger partial charge in [-0.25, -0.2) is 0 Å². The summed E-state index contributed by atoms with van der Waals surface area (Å²) in [6, 6.07) is 3.71. The molecule has 0 saturated carbocycles. The van der Waals surface area contributed by atoms with Gasteiger partial charge in [0.2, 0.25) is 0 Å². The number of carbonyl (C=O) groups is 1. The van der Waals surface area contributed by atoms with Crippen LogP contribution in [0.2, 0.25) is 0 Å². The first kappa shape index (κ1) is 13.5. The largest absolute Gasteiger partial charge is 0.465 e. The van der Waals surface area contributed by atoms with E-state index in [0.717, 1.165) is 19.4 Å². The van der Waals surface area contributed by atoms with Gasteiger partial charge in [0.15, 0.2) is 0 Å². The summed E-state index contributed by atoms with van der Waals surface area (Å²) >= 11 is 1.68. The lowest BCUT2D eigenvalue weighted by atomic mass is 10.1. The number of carbonyl (C=O) groups excluding carboxylic acids is 1. The lowest BCUT2D eigenvalue weighted by Gasteiger charge is -2.22. The molecule has 2 atom stereocenters. The summed E-state index contributed by atoms with van der Waals surface area (Å²) in [6.07, 6.45) is 1.88. The van der Waals surface area contributed by atoms with E-state index in [-0.39, 0.29) is 18.1 Å². The molecule has 1 aliphatic heterocycles. The van der Waals surface area contributed by atoms with Crippen molar-refractivity contribution in [3.05, 3.63) is 22.4 Å². The molecule has 0 radical (unpaired) electrons. The minimum Gasteiger partial charge on any atom is -0.465 e. The molecule has 1 aromatic heterocycles. The molecule has 0 aromatic carbocycles. The van der Waals surface area contributed by atoms with E-state index in [9.17, 15) is 4.79 Å². The minimum absolute atomic E-state index is 0.0518. The van der Waals surface area contributed by atoms with Crippen molar-refractivity contribution in [3.8, 4) is 0 Å². The topological polar surface area (TPSA) is 47.6 Å². The highest BCUT2D eigenvalue weighted by atomic mass is 32.1. The summed E-state index contributed by atoms with van der Waals surface area (Å²) in [5.41, 5.74) is 0. The Labute approximate surface area is 111 Å². The van der Waals surface area contributed by atoms with E-state index in [4.69, 9.17) is 9.47 Å². The molecule has 0 amide bonds. The maximum absolute atomic E-state index is 11.9. The molecule has 18 heavy (non-hydrogen) atoms. The Bertz CT molecular complexity index is 360. The zero-order valence-corrected chi connectivity index (χ0v) is 11.4. The first-order valence-electron chi connectivity index (χ1n) is 6.35. The fourth-order valence-electron chi connectivity index (χ4n) is 2.09. The second-order valence-electron chi connectivity index (χ2n) is 4.24. The Morgan fingerprint density at radius 3 is 3.22 bits per heavy atom. The number of hydrogen-bond donors (Lipinski definition) is 1. The molecule has 2 rings (SSSR count). The summed E-state index contributed by atoms with van der Waals surface area (Å²) in [7, 11) is 0. The third kappa shape index (κ3) is 3.54. The Balaban J connectivity index is 1.92. The number of hydrogen-bond acceptors (Lipinski definition) is 5. The SMILES string of the molecule is CCOC(=O)C(NCc1cccs1)C1CCCO1. The highest BCUT2D eigenvalue weighted by Gasteiger charge is 2.32. The van der Waals surface area contributed by atoms with E-state index in [1.807, 2.05) is 18.4 Å². The molecule has 0 aliphatic carbocycles. The molecule has 0 bridgehead atoms. The Morgan fingerprint density at radius 2 is 2.61 bits per heavy atom. The molecule has 5 heteroatoms. The minimum atomic E-state index is -0.352. The van der Waals surface area contributed by atoms with Gasteiger partial charge in [0, 0.05) is 18.0 Å². The molecule has 1 fully saturated rings. The van der Waals surface area contributed by atoms with Crippen LogP contribution in [0.25, 0.3) is 0 Å². The van der Waals surface area contributed by atoms with Gasteiger partial charge in [-0.15, -0.1) is 11.3 Å². The smallest absolute Gasteiger partial charge is 0.325 e. The lowest BCUT2D eigenvalue weighted by molar-refractivity contribution is -0.149. The molecular weight excluding hydrogens is 250 g/mol. The van der Waals surface area contributed by atoms with Crippen LogP contribution in [0.3, 0.4) is 0 Å². The zero-order valence-electron chi connectivity index (χ0n) is 10.6. The van der Waals surface area contributed by atoms with Gasteiger partial charge in [0.1, 0.15) is 6.04 Å². The van der Waals surface area contributed by atoms with Crippen molar-refractivity contribution in [2.24, 2.45) is 0 Å². The predicted octanol–water partition coefficient (Wildman–Crippen LogP) is 1.95. The van der Waals surface area contributed by atoms with Crippen LogP contribution in [0, 0.1) is 0 Å². The van der Waals surface area contributed by atoms with Gasteiger partial charge in [0.25, 0.3) is 0 Å². The van der Waals surface area contributed by atoms with Crippen molar-refractivity contribution >= 4 is 17.3 Å². The van der Waals surface area contributed by atoms with Crippen LogP contribution < -0.4 is 5.32 Å². The van der Waals surface area contributed by atoms with Crippen molar-refractivity contribution in [1.82, 2.24) is 5.32 Å². The monoisotopic (exact) mass is 269 g/mol. The number of rotatable bonds is 6. The van der Waals surface area contributed by atoms with E-state index >= 15 is 0 Å². The van der Waals surface area contributed by atoms with Gasteiger partial charge >= 0.3 is 5.97 Å². The summed E-state index contributed by atoms with van der Waals surface area (Å²) in [4.78, 5) is 13.1. The van der Waals surface area contributed by atoms with E-state index in [2.05, 4.69) is 11.4 Å². The molecule has 1 N–H and O–H groups in total. The molecule has 1 aliphatic rings. The van der Waals surface area contributed by atoms with Crippen LogP contribution in [0.15, 0.2) is 17.5 Å². The highest BCUT2D eigenvalue weighted by Crippen LogP contribution is 2.18. The molecule has 4 nitrogen and oxygen atoms in total. The quantitative estimate of drug-likeness (QED) is 0.802. The highest BCUT2D eigenvalue weighted by molar-refractivity contribution is 7.09. The maximum atomic E-state index is 11.9. The van der Waals surface area contributed by atoms with Gasteiger partial charge in [-0.2, -0.15) is 0 Å². The van der Waals surface area contributed by atoms with Crippen molar-refractivity contribution < 1.29 is 14.3 Å². The van der Waals surface area contributed by atoms with Crippen molar-refractivity contribution in [1.29, 1.82) is 0 Å². The predicted molar refractivity (Wildman–Crippen MR) is 70.6 cm³/mol. The number of ether oxygens (including phenoxy) is 2. The Hall–Kier alpha value is -0.910. The third-order valence-corrected chi connectivity index (χ3v) is 3.83. The van der Waals surface area contributed by atoms with Gasteiger partial charge in [-0.3, -0.25) is 10.1 Å². The van der Waals surface area contributed by atoms with Crippen LogP contribution in [0.1, 0.15) is 24.6 Å². The normalized spacial score (nSPS) is 20.8. The van der Waals surface area contributed by atoms with E-state index in [1.165, 1.54) is 4.88 Å². The van der Waals surface area contributed by atoms with Crippen LogP contribution in [-0.2, 0) is 20.8 Å². The van der Waals surface area contributed by atoms with E-state index < -0.39 is 0 Å². The molecular formula is C13H19NO3S. The second-order valence-corrected chi connectivity index (χ2v) is 5.27. The third-order valence-electron chi connectivity index (χ3n) is 2.95. The average molecular weight is 269 g/mol. The molecule has 2 heterocycles. The number of nitrogens with one attached hydrogen (secondary N) is 1. The summed E-state index contributed by atoms with van der Waals surface area (Å²) in [5, 5.41) is 5.29. The number of esters is 1. The average Bonchev–Trinajstić information content (AvgIpc) is 3.01. The van der Waals surface area contributed by atoms with Gasteiger partial charge in [-0.1, -0.05) is 6.07 Å². The molecule has 0 spiro atoms. The Kier molecular flexibility index (Phi) is 5.16. The summed E-state index contributed by atoms with van der Waals surface area (Å²) in [5.74, 6) is -0.207.